The Hall–Kier alpha value is -1.53. The number of carbonyl (C=O) groups excluding carboxylic acids is 2. The van der Waals surface area contributed by atoms with Gasteiger partial charge >= 0.3 is 6.09 Å². The third-order valence-electron chi connectivity index (χ3n) is 3.74. The molecule has 1 aromatic rings. The Bertz CT molecular complexity index is 669. The average molecular weight is 391 g/mol. The van der Waals surface area contributed by atoms with Crippen molar-refractivity contribution in [1.82, 2.24) is 10.2 Å². The molecule has 1 N–H and O–H groups in total. The van der Waals surface area contributed by atoms with E-state index in [2.05, 4.69) is 5.32 Å². The quantitative estimate of drug-likeness (QED) is 0.767. The molecule has 0 saturated carbocycles. The number of ether oxygens (including phenoxy) is 1. The summed E-state index contributed by atoms with van der Waals surface area (Å²) in [4.78, 5) is 25.9. The highest BCUT2D eigenvalue weighted by molar-refractivity contribution is 6.36. The van der Waals surface area contributed by atoms with Crippen LogP contribution in [0.5, 0.6) is 0 Å². The van der Waals surface area contributed by atoms with Crippen LogP contribution < -0.4 is 5.32 Å². The smallest absolute Gasteiger partial charge is 0.407 e. The predicted octanol–water partition coefficient (Wildman–Crippen LogP) is 4.26. The minimum atomic E-state index is -0.684. The molecule has 1 aliphatic heterocycles. The van der Waals surface area contributed by atoms with Gasteiger partial charge in [-0.05, 0) is 45.7 Å². The molecule has 8 heteroatoms. The van der Waals surface area contributed by atoms with E-state index in [1.165, 1.54) is 6.07 Å². The van der Waals surface area contributed by atoms with Crippen LogP contribution in [0, 0.1) is 5.82 Å². The molecule has 5 nitrogen and oxygen atoms in total. The number of likely N-dealkylation sites (tertiary alicyclic amines) is 1. The molecule has 0 aromatic heterocycles. The third-order valence-corrected chi connectivity index (χ3v) is 4.35. The van der Waals surface area contributed by atoms with Gasteiger partial charge in [0, 0.05) is 19.1 Å². The van der Waals surface area contributed by atoms with Gasteiger partial charge in [-0.3, -0.25) is 4.79 Å². The van der Waals surface area contributed by atoms with Crippen molar-refractivity contribution < 1.29 is 18.7 Å². The van der Waals surface area contributed by atoms with Crippen molar-refractivity contribution in [2.24, 2.45) is 0 Å². The molecule has 138 valence electrons. The van der Waals surface area contributed by atoms with Crippen molar-refractivity contribution >= 4 is 35.2 Å². The number of halogens is 3. The second kappa shape index (κ2) is 7.79. The van der Waals surface area contributed by atoms with Crippen LogP contribution in [-0.2, 0) is 4.74 Å². The first-order valence-electron chi connectivity index (χ1n) is 8.00. The summed E-state index contributed by atoms with van der Waals surface area (Å²) in [5.41, 5.74) is -0.474. The van der Waals surface area contributed by atoms with Gasteiger partial charge in [0.05, 0.1) is 15.6 Å². The Balaban J connectivity index is 1.93. The fraction of sp³-hybridized carbons (Fsp3) is 0.529. The molecular formula is C17H21Cl2FN2O3. The largest absolute Gasteiger partial charge is 0.444 e. The number of benzene rings is 1. The van der Waals surface area contributed by atoms with Gasteiger partial charge in [-0.1, -0.05) is 23.2 Å². The molecule has 1 aliphatic rings. The Morgan fingerprint density at radius 2 is 1.80 bits per heavy atom. The maximum atomic E-state index is 13.6. The lowest BCUT2D eigenvalue weighted by molar-refractivity contribution is 0.0473. The number of carbonyl (C=O) groups is 2. The fourth-order valence-corrected chi connectivity index (χ4v) is 3.02. The van der Waals surface area contributed by atoms with Gasteiger partial charge in [-0.15, -0.1) is 0 Å². The zero-order valence-corrected chi connectivity index (χ0v) is 15.9. The van der Waals surface area contributed by atoms with E-state index in [-0.39, 0.29) is 27.6 Å². The normalized spacial score (nSPS) is 15.8. The molecule has 2 rings (SSSR count). The first kappa shape index (κ1) is 19.8. The number of hydrogen-bond donors (Lipinski definition) is 1. The molecule has 0 atom stereocenters. The molecule has 2 amide bonds. The lowest BCUT2D eigenvalue weighted by atomic mass is 10.0. The minimum absolute atomic E-state index is 0.0728. The Morgan fingerprint density at radius 1 is 1.20 bits per heavy atom. The lowest BCUT2D eigenvalue weighted by Crippen LogP contribution is -2.47. The molecule has 0 radical (unpaired) electrons. The van der Waals surface area contributed by atoms with E-state index in [4.69, 9.17) is 27.9 Å². The monoisotopic (exact) mass is 390 g/mol. The van der Waals surface area contributed by atoms with E-state index in [1.807, 2.05) is 0 Å². The molecular weight excluding hydrogens is 370 g/mol. The highest BCUT2D eigenvalue weighted by Gasteiger charge is 2.27. The summed E-state index contributed by atoms with van der Waals surface area (Å²) in [5, 5.41) is 2.79. The summed E-state index contributed by atoms with van der Waals surface area (Å²) in [6, 6.07) is 2.21. The van der Waals surface area contributed by atoms with Gasteiger partial charge in [0.1, 0.15) is 11.4 Å². The maximum absolute atomic E-state index is 13.6. The van der Waals surface area contributed by atoms with Gasteiger partial charge in [-0.2, -0.15) is 0 Å². The van der Waals surface area contributed by atoms with Crippen molar-refractivity contribution in [1.29, 1.82) is 0 Å². The molecule has 0 spiro atoms. The van der Waals surface area contributed by atoms with E-state index in [9.17, 15) is 14.0 Å². The summed E-state index contributed by atoms with van der Waals surface area (Å²) < 4.78 is 18.8. The van der Waals surface area contributed by atoms with Gasteiger partial charge in [0.25, 0.3) is 5.91 Å². The van der Waals surface area contributed by atoms with Crippen LogP contribution in [0.1, 0.15) is 44.0 Å². The van der Waals surface area contributed by atoms with Crippen LogP contribution in [0.4, 0.5) is 9.18 Å². The summed E-state index contributed by atoms with van der Waals surface area (Å²) in [5.74, 6) is -1.04. The summed E-state index contributed by atoms with van der Waals surface area (Å²) in [6.07, 6.45) is 0.692. The zero-order chi connectivity index (χ0) is 18.8. The SMILES string of the molecule is CC(C)(C)OC(=O)NC1CCN(C(=O)c2cc(F)c(Cl)cc2Cl)CC1. The van der Waals surface area contributed by atoms with Gasteiger partial charge in [-0.25, -0.2) is 9.18 Å². The number of hydrogen-bond acceptors (Lipinski definition) is 3. The second-order valence-corrected chi connectivity index (χ2v) is 7.77. The van der Waals surface area contributed by atoms with Crippen molar-refractivity contribution in [3.63, 3.8) is 0 Å². The first-order chi connectivity index (χ1) is 11.6. The van der Waals surface area contributed by atoms with E-state index in [0.29, 0.717) is 25.9 Å². The maximum Gasteiger partial charge on any atom is 0.407 e. The molecule has 0 unspecified atom stereocenters. The Kier molecular flexibility index (Phi) is 6.16. The number of nitrogens with one attached hydrogen (secondary N) is 1. The van der Waals surface area contributed by atoms with Crippen molar-refractivity contribution in [2.45, 2.75) is 45.3 Å². The number of amides is 2. The van der Waals surface area contributed by atoms with E-state index < -0.39 is 17.5 Å². The number of piperidine rings is 1. The summed E-state index contributed by atoms with van der Waals surface area (Å²) >= 11 is 11.7. The van der Waals surface area contributed by atoms with Crippen LogP contribution in [0.15, 0.2) is 12.1 Å². The summed E-state index contributed by atoms with van der Waals surface area (Å²) in [7, 11) is 0. The zero-order valence-electron chi connectivity index (χ0n) is 14.4. The van der Waals surface area contributed by atoms with Crippen LogP contribution in [-0.4, -0.2) is 41.6 Å². The van der Waals surface area contributed by atoms with Crippen LogP contribution in [0.3, 0.4) is 0 Å². The standard InChI is InChI=1S/C17H21Cl2FN2O3/c1-17(2,3)25-16(24)21-10-4-6-22(7-5-10)15(23)11-8-14(20)13(19)9-12(11)18/h8-10H,4-7H2,1-3H3,(H,21,24). The highest BCUT2D eigenvalue weighted by atomic mass is 35.5. The van der Waals surface area contributed by atoms with Crippen molar-refractivity contribution in [3.8, 4) is 0 Å². The molecule has 1 heterocycles. The van der Waals surface area contributed by atoms with Crippen molar-refractivity contribution in [2.75, 3.05) is 13.1 Å². The van der Waals surface area contributed by atoms with Crippen LogP contribution in [0.2, 0.25) is 10.0 Å². The first-order valence-corrected chi connectivity index (χ1v) is 8.76. The molecule has 1 fully saturated rings. The highest BCUT2D eigenvalue weighted by Crippen LogP contribution is 2.26. The van der Waals surface area contributed by atoms with E-state index >= 15 is 0 Å². The number of nitrogens with zero attached hydrogens (tertiary/aromatic N) is 1. The molecule has 1 aromatic carbocycles. The predicted molar refractivity (Wildman–Crippen MR) is 94.7 cm³/mol. The number of rotatable bonds is 2. The molecule has 0 bridgehead atoms. The molecule has 1 saturated heterocycles. The summed E-state index contributed by atoms with van der Waals surface area (Å²) in [6.45, 7) is 6.24. The molecule has 0 aliphatic carbocycles. The Labute approximate surface area is 156 Å². The lowest BCUT2D eigenvalue weighted by Gasteiger charge is -2.33. The van der Waals surface area contributed by atoms with Gasteiger partial charge in [0.15, 0.2) is 0 Å². The average Bonchev–Trinajstić information content (AvgIpc) is 2.49. The fourth-order valence-electron chi connectivity index (χ4n) is 2.56. The van der Waals surface area contributed by atoms with Gasteiger partial charge < -0.3 is 15.0 Å². The third kappa shape index (κ3) is 5.47. The van der Waals surface area contributed by atoms with E-state index in [0.717, 1.165) is 6.07 Å². The minimum Gasteiger partial charge on any atom is -0.444 e. The molecule has 25 heavy (non-hydrogen) atoms. The van der Waals surface area contributed by atoms with Gasteiger partial charge in [0.2, 0.25) is 0 Å². The second-order valence-electron chi connectivity index (χ2n) is 6.96. The topological polar surface area (TPSA) is 58.6 Å². The van der Waals surface area contributed by atoms with Crippen LogP contribution >= 0.6 is 23.2 Å². The van der Waals surface area contributed by atoms with Crippen molar-refractivity contribution in [3.05, 3.63) is 33.6 Å². The number of alkyl carbamates (subject to hydrolysis) is 1. The van der Waals surface area contributed by atoms with Crippen LogP contribution in [0.25, 0.3) is 0 Å². The Morgan fingerprint density at radius 3 is 2.36 bits per heavy atom. The van der Waals surface area contributed by atoms with E-state index in [1.54, 1.807) is 25.7 Å².